The number of nitrogens with two attached hydrogens (primary N) is 1. The predicted octanol–water partition coefficient (Wildman–Crippen LogP) is 2.34. The Hall–Kier alpha value is -2.47. The van der Waals surface area contributed by atoms with Crippen LogP contribution in [0.2, 0.25) is 0 Å². The number of nitrogens with zero attached hydrogens (tertiary/aromatic N) is 2. The van der Waals surface area contributed by atoms with Crippen molar-refractivity contribution >= 4 is 0 Å². The zero-order chi connectivity index (χ0) is 18.2. The Morgan fingerprint density at radius 1 is 0.923 bits per heavy atom. The molecular formula is C21H26N4O. The summed E-state index contributed by atoms with van der Waals surface area (Å²) < 4.78 is 0. The number of hydrogen-bond acceptors (Lipinski definition) is 4. The summed E-state index contributed by atoms with van der Waals surface area (Å²) in [5.74, 6) is 0. The van der Waals surface area contributed by atoms with Gasteiger partial charge in [-0.25, -0.2) is 0 Å². The van der Waals surface area contributed by atoms with Gasteiger partial charge < -0.3 is 10.8 Å². The molecule has 5 nitrogen and oxygen atoms in total. The fourth-order valence-corrected chi connectivity index (χ4v) is 3.06. The number of aromatic amines is 1. The van der Waals surface area contributed by atoms with Crippen LogP contribution in [0.1, 0.15) is 16.8 Å². The van der Waals surface area contributed by atoms with Crippen molar-refractivity contribution in [2.45, 2.75) is 31.7 Å². The Labute approximate surface area is 154 Å². The van der Waals surface area contributed by atoms with E-state index < -0.39 is 6.10 Å². The number of aliphatic hydroxyl groups excluding tert-OH is 1. The van der Waals surface area contributed by atoms with Crippen LogP contribution >= 0.6 is 0 Å². The van der Waals surface area contributed by atoms with Crippen LogP contribution < -0.4 is 5.73 Å². The molecule has 0 amide bonds. The zero-order valence-corrected chi connectivity index (χ0v) is 14.8. The second-order valence-electron chi connectivity index (χ2n) is 6.66. The average molecular weight is 350 g/mol. The van der Waals surface area contributed by atoms with Gasteiger partial charge in [-0.05, 0) is 23.6 Å². The molecule has 5 heteroatoms. The van der Waals surface area contributed by atoms with E-state index >= 15 is 0 Å². The highest BCUT2D eigenvalue weighted by molar-refractivity contribution is 5.17. The van der Waals surface area contributed by atoms with E-state index in [0.717, 1.165) is 17.8 Å². The second kappa shape index (κ2) is 9.29. The molecule has 0 saturated carbocycles. The first kappa shape index (κ1) is 18.3. The molecular weight excluding hydrogens is 324 g/mol. The number of aliphatic hydroxyl groups is 1. The quantitative estimate of drug-likeness (QED) is 0.553. The van der Waals surface area contributed by atoms with E-state index in [2.05, 4.69) is 27.2 Å². The van der Waals surface area contributed by atoms with Crippen molar-refractivity contribution in [1.82, 2.24) is 15.1 Å². The first-order chi connectivity index (χ1) is 12.7. The van der Waals surface area contributed by atoms with Crippen LogP contribution in [0, 0.1) is 0 Å². The van der Waals surface area contributed by atoms with Gasteiger partial charge in [0.25, 0.3) is 0 Å². The summed E-state index contributed by atoms with van der Waals surface area (Å²) in [5, 5.41) is 17.7. The number of H-pyrrole nitrogens is 1. The lowest BCUT2D eigenvalue weighted by atomic mass is 10.0. The molecule has 2 aromatic carbocycles. The first-order valence-electron chi connectivity index (χ1n) is 8.93. The summed E-state index contributed by atoms with van der Waals surface area (Å²) in [6.07, 6.45) is 1.79. The average Bonchev–Trinajstić information content (AvgIpc) is 3.16. The van der Waals surface area contributed by atoms with E-state index in [0.29, 0.717) is 19.5 Å². The molecule has 26 heavy (non-hydrogen) atoms. The van der Waals surface area contributed by atoms with Crippen molar-refractivity contribution < 1.29 is 5.11 Å². The number of aromatic nitrogens is 2. The number of nitrogens with one attached hydrogen (secondary N) is 1. The molecule has 3 rings (SSSR count). The topological polar surface area (TPSA) is 78.2 Å². The summed E-state index contributed by atoms with van der Waals surface area (Å²) in [7, 11) is 0. The summed E-state index contributed by atoms with van der Waals surface area (Å²) in [6, 6.07) is 22.0. The van der Waals surface area contributed by atoms with Gasteiger partial charge in [0.1, 0.15) is 0 Å². The molecule has 136 valence electrons. The van der Waals surface area contributed by atoms with E-state index in [4.69, 9.17) is 5.73 Å². The van der Waals surface area contributed by atoms with Crippen molar-refractivity contribution in [2.75, 3.05) is 6.54 Å². The Kier molecular flexibility index (Phi) is 6.55. The van der Waals surface area contributed by atoms with Crippen LogP contribution in [0.15, 0.2) is 72.9 Å². The molecule has 0 spiro atoms. The lowest BCUT2D eigenvalue weighted by molar-refractivity contribution is 0.0833. The minimum absolute atomic E-state index is 0.308. The van der Waals surface area contributed by atoms with E-state index in [1.54, 1.807) is 6.20 Å². The highest BCUT2D eigenvalue weighted by Crippen LogP contribution is 2.11. The molecule has 0 bridgehead atoms. The van der Waals surface area contributed by atoms with E-state index in [1.807, 2.05) is 54.6 Å². The monoisotopic (exact) mass is 350 g/mol. The minimum Gasteiger partial charge on any atom is -0.390 e. The van der Waals surface area contributed by atoms with Gasteiger partial charge in [-0.15, -0.1) is 0 Å². The zero-order valence-electron chi connectivity index (χ0n) is 14.8. The Morgan fingerprint density at radius 2 is 1.58 bits per heavy atom. The fourth-order valence-electron chi connectivity index (χ4n) is 3.06. The van der Waals surface area contributed by atoms with Crippen LogP contribution in [-0.2, 0) is 19.5 Å². The third-order valence-corrected chi connectivity index (χ3v) is 4.46. The van der Waals surface area contributed by atoms with Gasteiger partial charge in [-0.3, -0.25) is 10.00 Å². The van der Waals surface area contributed by atoms with Gasteiger partial charge in [-0.2, -0.15) is 5.10 Å². The summed E-state index contributed by atoms with van der Waals surface area (Å²) in [4.78, 5) is 2.19. The second-order valence-corrected chi connectivity index (χ2v) is 6.66. The lowest BCUT2D eigenvalue weighted by Crippen LogP contribution is -2.44. The van der Waals surface area contributed by atoms with E-state index in [-0.39, 0.29) is 6.04 Å². The predicted molar refractivity (Wildman–Crippen MR) is 103 cm³/mol. The van der Waals surface area contributed by atoms with Gasteiger partial charge in [0.2, 0.25) is 0 Å². The van der Waals surface area contributed by atoms with E-state index in [1.165, 1.54) is 5.56 Å². The number of hydrogen-bond donors (Lipinski definition) is 3. The lowest BCUT2D eigenvalue weighted by Gasteiger charge is -2.27. The van der Waals surface area contributed by atoms with Crippen LogP contribution in [0.25, 0.3) is 0 Å². The van der Waals surface area contributed by atoms with Crippen LogP contribution in [0.5, 0.6) is 0 Å². The van der Waals surface area contributed by atoms with Gasteiger partial charge in [0.05, 0.1) is 6.10 Å². The maximum absolute atomic E-state index is 10.7. The molecule has 0 fully saturated rings. The normalized spacial score (nSPS) is 13.7. The highest BCUT2D eigenvalue weighted by atomic mass is 16.3. The van der Waals surface area contributed by atoms with Crippen molar-refractivity contribution in [3.05, 3.63) is 89.7 Å². The summed E-state index contributed by atoms with van der Waals surface area (Å²) >= 11 is 0. The van der Waals surface area contributed by atoms with Gasteiger partial charge in [0.15, 0.2) is 0 Å². The SMILES string of the molecule is N[C@@H](Cc1ccccc1)[C@@H](O)CN(Cc1ccccc1)Cc1ccn[nH]1. The molecule has 0 unspecified atom stereocenters. The third-order valence-electron chi connectivity index (χ3n) is 4.46. The minimum atomic E-state index is -0.609. The standard InChI is InChI=1S/C21H26N4O/c22-20(13-17-7-3-1-4-8-17)21(26)16-25(15-19-11-12-23-24-19)14-18-9-5-2-6-10-18/h1-12,20-21,26H,13-16,22H2,(H,23,24)/t20-,21-/m0/s1. The first-order valence-corrected chi connectivity index (χ1v) is 8.93. The maximum atomic E-state index is 10.7. The van der Waals surface area contributed by atoms with Crippen molar-refractivity contribution in [1.29, 1.82) is 0 Å². The van der Waals surface area contributed by atoms with Gasteiger partial charge >= 0.3 is 0 Å². The van der Waals surface area contributed by atoms with Gasteiger partial charge in [0, 0.05) is 37.6 Å². The third kappa shape index (κ3) is 5.52. The van der Waals surface area contributed by atoms with Crippen LogP contribution in [0.3, 0.4) is 0 Å². The molecule has 3 aromatic rings. The fraction of sp³-hybridized carbons (Fsp3) is 0.286. The molecule has 1 aromatic heterocycles. The van der Waals surface area contributed by atoms with Gasteiger partial charge in [-0.1, -0.05) is 60.7 Å². The Balaban J connectivity index is 1.63. The Bertz CT molecular complexity index is 746. The molecule has 0 radical (unpaired) electrons. The smallest absolute Gasteiger partial charge is 0.0821 e. The molecule has 2 atom stereocenters. The molecule has 0 aliphatic rings. The number of benzene rings is 2. The van der Waals surface area contributed by atoms with Crippen LogP contribution in [-0.4, -0.2) is 38.9 Å². The Morgan fingerprint density at radius 3 is 2.19 bits per heavy atom. The van der Waals surface area contributed by atoms with E-state index in [9.17, 15) is 5.11 Å². The molecule has 4 N–H and O–H groups in total. The van der Waals surface area contributed by atoms with Crippen LogP contribution in [0.4, 0.5) is 0 Å². The molecule has 0 aliphatic carbocycles. The van der Waals surface area contributed by atoms with Crippen molar-refractivity contribution in [3.8, 4) is 0 Å². The highest BCUT2D eigenvalue weighted by Gasteiger charge is 2.20. The van der Waals surface area contributed by atoms with Crippen molar-refractivity contribution in [3.63, 3.8) is 0 Å². The van der Waals surface area contributed by atoms with Crippen molar-refractivity contribution in [2.24, 2.45) is 5.73 Å². The summed E-state index contributed by atoms with van der Waals surface area (Å²) in [5.41, 5.74) is 9.63. The molecule has 1 heterocycles. The largest absolute Gasteiger partial charge is 0.390 e. The molecule has 0 aliphatic heterocycles. The molecule has 0 saturated heterocycles. The maximum Gasteiger partial charge on any atom is 0.0821 e. The summed E-state index contributed by atoms with van der Waals surface area (Å²) in [6.45, 7) is 1.93. The number of rotatable bonds is 9.